The molecule has 26 heavy (non-hydrogen) atoms. The summed E-state index contributed by atoms with van der Waals surface area (Å²) in [5, 5.41) is 0. The average Bonchev–Trinajstić information content (AvgIpc) is 3.05. The lowest BCUT2D eigenvalue weighted by Crippen LogP contribution is -2.44. The molecule has 0 bridgehead atoms. The Kier molecular flexibility index (Phi) is 5.34. The molecule has 0 N–H and O–H groups in total. The van der Waals surface area contributed by atoms with E-state index in [9.17, 15) is 22.8 Å². The van der Waals surface area contributed by atoms with Crippen molar-refractivity contribution in [3.05, 3.63) is 35.9 Å². The maximum Gasteiger partial charge on any atom is 0.393 e. The van der Waals surface area contributed by atoms with Crippen LogP contribution in [0.1, 0.15) is 31.2 Å². The average molecular weight is 366 g/mol. The second-order valence-electron chi connectivity index (χ2n) is 6.74. The molecule has 1 aromatic carbocycles. The van der Waals surface area contributed by atoms with Gasteiger partial charge in [-0.25, -0.2) is 0 Å². The minimum atomic E-state index is -4.26. The summed E-state index contributed by atoms with van der Waals surface area (Å²) < 4.78 is 38.5. The third kappa shape index (κ3) is 4.26. The van der Waals surface area contributed by atoms with Gasteiger partial charge in [-0.05, 0) is 43.0 Å². The van der Waals surface area contributed by atoms with Gasteiger partial charge in [0.25, 0.3) is 0 Å². The number of hydrogen-bond donors (Lipinski definition) is 0. The van der Waals surface area contributed by atoms with Gasteiger partial charge in [-0.2, -0.15) is 13.2 Å². The highest BCUT2D eigenvalue weighted by Gasteiger charge is 2.42. The van der Waals surface area contributed by atoms with Crippen LogP contribution in [0.3, 0.4) is 0 Å². The highest BCUT2D eigenvalue weighted by Crippen LogP contribution is 2.33. The van der Waals surface area contributed by atoms with Gasteiger partial charge in [0.1, 0.15) is 0 Å². The van der Waals surface area contributed by atoms with Crippen LogP contribution in [0.4, 0.5) is 18.9 Å². The number of carbonyl (C=O) groups excluding carboxylic acids is 2. The van der Waals surface area contributed by atoms with Gasteiger partial charge >= 0.3 is 6.18 Å². The zero-order valence-electron chi connectivity index (χ0n) is 14.3. The number of anilines is 1. The number of carbonyl (C=O) groups is 2. The van der Waals surface area contributed by atoms with Crippen molar-refractivity contribution >= 4 is 23.6 Å². The Labute approximate surface area is 150 Å². The quantitative estimate of drug-likeness (QED) is 0.767. The summed E-state index contributed by atoms with van der Waals surface area (Å²) in [5.41, 5.74) is 1.58. The Morgan fingerprint density at radius 2 is 1.85 bits per heavy atom. The number of hydrogen-bond acceptors (Lipinski definition) is 2. The molecule has 0 saturated carbocycles. The summed E-state index contributed by atoms with van der Waals surface area (Å²) in [7, 11) is 0. The van der Waals surface area contributed by atoms with Gasteiger partial charge in [0.15, 0.2) is 0 Å². The molecule has 1 aromatic rings. The molecule has 2 fully saturated rings. The molecule has 0 aliphatic carbocycles. The van der Waals surface area contributed by atoms with Crippen LogP contribution in [0.2, 0.25) is 0 Å². The summed E-state index contributed by atoms with van der Waals surface area (Å²) in [5.74, 6) is -1.74. The molecular weight excluding hydrogens is 345 g/mol. The van der Waals surface area contributed by atoms with Crippen LogP contribution in [0.25, 0.3) is 6.08 Å². The van der Waals surface area contributed by atoms with Gasteiger partial charge in [-0.15, -0.1) is 0 Å². The fraction of sp³-hybridized carbons (Fsp3) is 0.474. The first-order valence-electron chi connectivity index (χ1n) is 8.79. The van der Waals surface area contributed by atoms with E-state index in [0.717, 1.165) is 17.7 Å². The Morgan fingerprint density at radius 3 is 2.46 bits per heavy atom. The van der Waals surface area contributed by atoms with Crippen molar-refractivity contribution < 1.29 is 22.8 Å². The van der Waals surface area contributed by atoms with E-state index in [4.69, 9.17) is 0 Å². The first-order chi connectivity index (χ1) is 12.3. The van der Waals surface area contributed by atoms with Crippen molar-refractivity contribution in [3.63, 3.8) is 0 Å². The van der Waals surface area contributed by atoms with Gasteiger partial charge in [0.2, 0.25) is 11.8 Å². The number of amides is 2. The maximum absolute atomic E-state index is 12.8. The topological polar surface area (TPSA) is 40.6 Å². The molecule has 0 aromatic heterocycles. The Hall–Kier alpha value is -2.31. The fourth-order valence-electron chi connectivity index (χ4n) is 3.40. The second kappa shape index (κ2) is 7.51. The number of halogens is 3. The number of likely N-dealkylation sites (tertiary alicyclic amines) is 1. The summed E-state index contributed by atoms with van der Waals surface area (Å²) in [6, 6.07) is 7.21. The van der Waals surface area contributed by atoms with E-state index < -0.39 is 18.0 Å². The number of nitrogens with zero attached hydrogens (tertiary/aromatic N) is 2. The Morgan fingerprint density at radius 1 is 1.12 bits per heavy atom. The van der Waals surface area contributed by atoms with Crippen LogP contribution in [0, 0.1) is 5.92 Å². The van der Waals surface area contributed by atoms with Crippen molar-refractivity contribution in [2.24, 2.45) is 5.92 Å². The van der Waals surface area contributed by atoms with Gasteiger partial charge in [-0.3, -0.25) is 9.59 Å². The molecular formula is C19H21F3N2O2. The minimum Gasteiger partial charge on any atom is -0.339 e. The molecule has 0 radical (unpaired) electrons. The third-order valence-electron chi connectivity index (χ3n) is 4.89. The highest BCUT2D eigenvalue weighted by molar-refractivity contribution is 5.95. The molecule has 2 saturated heterocycles. The van der Waals surface area contributed by atoms with Gasteiger partial charge < -0.3 is 9.80 Å². The number of benzene rings is 1. The van der Waals surface area contributed by atoms with Gasteiger partial charge in [0.05, 0.1) is 5.92 Å². The maximum atomic E-state index is 12.8. The van der Waals surface area contributed by atoms with Crippen molar-refractivity contribution in [1.82, 2.24) is 4.90 Å². The molecule has 7 heteroatoms. The van der Waals surface area contributed by atoms with Gasteiger partial charge in [-0.1, -0.05) is 12.1 Å². The van der Waals surface area contributed by atoms with Gasteiger partial charge in [0, 0.05) is 37.8 Å². The smallest absolute Gasteiger partial charge is 0.339 e. The van der Waals surface area contributed by atoms with E-state index in [-0.39, 0.29) is 18.9 Å². The Balaban J connectivity index is 1.60. The van der Waals surface area contributed by atoms with Crippen LogP contribution in [-0.2, 0) is 9.59 Å². The normalized spacial score (nSPS) is 21.7. The largest absolute Gasteiger partial charge is 0.393 e. The highest BCUT2D eigenvalue weighted by atomic mass is 19.4. The summed E-state index contributed by atoms with van der Waals surface area (Å²) in [6.07, 6.45) is 0.500. The number of piperidine rings is 1. The van der Waals surface area contributed by atoms with Crippen LogP contribution in [-0.4, -0.2) is 42.5 Å². The van der Waals surface area contributed by atoms with Crippen molar-refractivity contribution in [2.45, 2.75) is 31.9 Å². The molecule has 140 valence electrons. The van der Waals surface area contributed by atoms with E-state index in [1.165, 1.54) is 11.0 Å². The van der Waals surface area contributed by atoms with Crippen LogP contribution >= 0.6 is 0 Å². The second-order valence-corrected chi connectivity index (χ2v) is 6.74. The molecule has 2 amide bonds. The van der Waals surface area contributed by atoms with Crippen LogP contribution in [0.5, 0.6) is 0 Å². The van der Waals surface area contributed by atoms with Crippen molar-refractivity contribution in [3.8, 4) is 0 Å². The lowest BCUT2D eigenvalue weighted by Gasteiger charge is -2.33. The van der Waals surface area contributed by atoms with E-state index in [1.807, 2.05) is 12.1 Å². The third-order valence-corrected chi connectivity index (χ3v) is 4.89. The lowest BCUT2D eigenvalue weighted by atomic mass is 9.97. The number of rotatable bonds is 3. The first-order valence-corrected chi connectivity index (χ1v) is 8.79. The fourth-order valence-corrected chi connectivity index (χ4v) is 3.40. The molecule has 2 heterocycles. The van der Waals surface area contributed by atoms with E-state index in [0.29, 0.717) is 25.9 Å². The minimum absolute atomic E-state index is 0.0771. The SMILES string of the molecule is O=C(/C=C/c1ccc(N2CCCC2=O)cc1)N1CCCC(C(F)(F)F)C1. The first kappa shape index (κ1) is 18.5. The van der Waals surface area contributed by atoms with Crippen LogP contribution in [0.15, 0.2) is 30.3 Å². The number of alkyl halides is 3. The predicted molar refractivity (Wildman–Crippen MR) is 92.4 cm³/mol. The summed E-state index contributed by atoms with van der Waals surface area (Å²) in [6.45, 7) is 0.788. The van der Waals surface area contributed by atoms with E-state index in [1.54, 1.807) is 23.1 Å². The van der Waals surface area contributed by atoms with E-state index in [2.05, 4.69) is 0 Å². The predicted octanol–water partition coefficient (Wildman–Crippen LogP) is 3.63. The van der Waals surface area contributed by atoms with E-state index >= 15 is 0 Å². The molecule has 1 atom stereocenters. The monoisotopic (exact) mass is 366 g/mol. The Bertz CT molecular complexity index is 698. The molecule has 3 rings (SSSR count). The summed E-state index contributed by atoms with van der Waals surface area (Å²) in [4.78, 5) is 26.9. The molecule has 4 nitrogen and oxygen atoms in total. The molecule has 2 aliphatic heterocycles. The zero-order chi connectivity index (χ0) is 18.7. The molecule has 2 aliphatic rings. The molecule has 0 spiro atoms. The van der Waals surface area contributed by atoms with Crippen molar-refractivity contribution in [2.75, 3.05) is 24.5 Å². The van der Waals surface area contributed by atoms with Crippen LogP contribution < -0.4 is 4.90 Å². The molecule has 1 unspecified atom stereocenters. The zero-order valence-corrected chi connectivity index (χ0v) is 14.3. The van der Waals surface area contributed by atoms with Crippen molar-refractivity contribution in [1.29, 1.82) is 0 Å². The summed E-state index contributed by atoms with van der Waals surface area (Å²) >= 11 is 0. The standard InChI is InChI=1S/C19H21F3N2O2/c20-19(21,22)15-3-1-11-23(13-15)17(25)10-7-14-5-8-16(9-6-14)24-12-2-4-18(24)26/h5-10,15H,1-4,11-13H2/b10-7+. The lowest BCUT2D eigenvalue weighted by molar-refractivity contribution is -0.187.